The van der Waals surface area contributed by atoms with E-state index >= 15 is 0 Å². The smallest absolute Gasteiger partial charge is 0.339 e. The molecule has 1 N–H and O–H groups in total. The van der Waals surface area contributed by atoms with Crippen LogP contribution in [0.4, 0.5) is 5.69 Å². The summed E-state index contributed by atoms with van der Waals surface area (Å²) in [4.78, 5) is 12.5. The van der Waals surface area contributed by atoms with Crippen molar-refractivity contribution in [2.45, 2.75) is 4.90 Å². The summed E-state index contributed by atoms with van der Waals surface area (Å²) in [6.45, 7) is 0. The van der Waals surface area contributed by atoms with E-state index in [0.29, 0.717) is 31.0 Å². The molecule has 174 valence electrons. The van der Waals surface area contributed by atoms with Crippen molar-refractivity contribution in [1.82, 2.24) is 0 Å². The molecule has 34 heavy (non-hydrogen) atoms. The van der Waals surface area contributed by atoms with Crippen LogP contribution in [0, 0.1) is 11.3 Å². The fraction of sp³-hybridized carbons (Fsp3) is 0.0435. The van der Waals surface area contributed by atoms with Crippen molar-refractivity contribution < 1.29 is 22.1 Å². The first kappa shape index (κ1) is 25.8. The highest BCUT2D eigenvalue weighted by molar-refractivity contribution is 9.11. The predicted molar refractivity (Wildman–Crippen MR) is 136 cm³/mol. The third-order valence-corrected chi connectivity index (χ3v) is 7.01. The molecule has 11 heteroatoms. The van der Waals surface area contributed by atoms with Crippen LogP contribution in [0.5, 0.6) is 11.5 Å². The maximum atomic E-state index is 12.6. The number of benzene rings is 3. The quantitative estimate of drug-likeness (QED) is 0.191. The van der Waals surface area contributed by atoms with E-state index in [0.717, 1.165) is 0 Å². The number of ether oxygens (including phenoxy) is 1. The van der Waals surface area contributed by atoms with Gasteiger partial charge in [-0.25, -0.2) is 0 Å². The Bertz CT molecular complexity index is 1380. The van der Waals surface area contributed by atoms with Gasteiger partial charge in [0.05, 0.1) is 16.1 Å². The van der Waals surface area contributed by atoms with Gasteiger partial charge in [-0.3, -0.25) is 4.79 Å². The second-order valence-electron chi connectivity index (χ2n) is 6.66. The molecule has 0 aromatic heterocycles. The van der Waals surface area contributed by atoms with E-state index in [1.54, 1.807) is 24.3 Å². The molecule has 3 aromatic rings. The van der Waals surface area contributed by atoms with E-state index in [9.17, 15) is 18.5 Å². The number of hydrogen-bond acceptors (Lipinski definition) is 6. The van der Waals surface area contributed by atoms with Gasteiger partial charge in [-0.1, -0.05) is 11.6 Å². The van der Waals surface area contributed by atoms with Crippen molar-refractivity contribution in [2.24, 2.45) is 0 Å². The fourth-order valence-electron chi connectivity index (χ4n) is 2.69. The summed E-state index contributed by atoms with van der Waals surface area (Å²) in [6, 6.07) is 17.1. The number of halogens is 3. The minimum absolute atomic E-state index is 0.00768. The molecule has 3 rings (SSSR count). The summed E-state index contributed by atoms with van der Waals surface area (Å²) < 4.78 is 36.2. The van der Waals surface area contributed by atoms with E-state index in [1.807, 2.05) is 6.07 Å². The number of anilines is 1. The van der Waals surface area contributed by atoms with E-state index in [1.165, 1.54) is 49.6 Å². The van der Waals surface area contributed by atoms with Crippen LogP contribution in [-0.4, -0.2) is 21.4 Å². The van der Waals surface area contributed by atoms with E-state index in [-0.39, 0.29) is 16.2 Å². The molecule has 0 saturated carbocycles. The van der Waals surface area contributed by atoms with Crippen molar-refractivity contribution in [3.05, 3.63) is 85.8 Å². The van der Waals surface area contributed by atoms with Gasteiger partial charge < -0.3 is 14.2 Å². The molecular formula is C23H15Br2ClN2O5S. The molecule has 0 bridgehead atoms. The molecule has 0 atom stereocenters. The predicted octanol–water partition coefficient (Wildman–Crippen LogP) is 6.19. The number of amides is 1. The second kappa shape index (κ2) is 11.1. The standard InChI is InChI=1S/C23H15Br2ClN2O5S/c1-32-18-6-4-17(5-7-18)28-23(29)15(13-27)10-14-11-20(24)22(21(25)12-14)33-34(30,31)19-8-2-16(26)3-9-19/h2-12H,1H3,(H,28,29)/b15-10+. The summed E-state index contributed by atoms with van der Waals surface area (Å²) >= 11 is 12.4. The summed E-state index contributed by atoms with van der Waals surface area (Å²) in [5, 5.41) is 12.5. The monoisotopic (exact) mass is 624 g/mol. The van der Waals surface area contributed by atoms with Crippen molar-refractivity contribution >= 4 is 71.2 Å². The van der Waals surface area contributed by atoms with Crippen LogP contribution in [0.15, 0.2) is 80.1 Å². The van der Waals surface area contributed by atoms with Gasteiger partial charge in [0.15, 0.2) is 5.75 Å². The molecule has 7 nitrogen and oxygen atoms in total. The molecule has 0 unspecified atom stereocenters. The zero-order valence-corrected chi connectivity index (χ0v) is 22.1. The summed E-state index contributed by atoms with van der Waals surface area (Å²) in [5.74, 6) is 0.0305. The lowest BCUT2D eigenvalue weighted by Gasteiger charge is -2.12. The van der Waals surface area contributed by atoms with E-state index < -0.39 is 16.0 Å². The Labute approximate surface area is 218 Å². The highest BCUT2D eigenvalue weighted by Crippen LogP contribution is 2.37. The van der Waals surface area contributed by atoms with Crippen molar-refractivity contribution in [3.8, 4) is 17.6 Å². The van der Waals surface area contributed by atoms with Crippen molar-refractivity contribution in [2.75, 3.05) is 12.4 Å². The van der Waals surface area contributed by atoms with Crippen molar-refractivity contribution in [3.63, 3.8) is 0 Å². The minimum atomic E-state index is -4.13. The normalized spacial score (nSPS) is 11.4. The molecule has 0 aliphatic rings. The van der Waals surface area contributed by atoms with Crippen LogP contribution in [0.1, 0.15) is 5.56 Å². The lowest BCUT2D eigenvalue weighted by atomic mass is 10.1. The molecule has 0 aliphatic carbocycles. The number of nitrogens with zero attached hydrogens (tertiary/aromatic N) is 1. The first-order chi connectivity index (χ1) is 16.1. The highest BCUT2D eigenvalue weighted by atomic mass is 79.9. The Hall–Kier alpha value is -2.84. The maximum absolute atomic E-state index is 12.6. The molecule has 1 amide bonds. The fourth-order valence-corrected chi connectivity index (χ4v) is 5.38. The summed E-state index contributed by atoms with van der Waals surface area (Å²) in [7, 11) is -2.60. The summed E-state index contributed by atoms with van der Waals surface area (Å²) in [6.07, 6.45) is 1.37. The zero-order valence-electron chi connectivity index (χ0n) is 17.4. The van der Waals surface area contributed by atoms with Gasteiger partial charge in [-0.2, -0.15) is 13.7 Å². The van der Waals surface area contributed by atoms with Crippen LogP contribution in [-0.2, 0) is 14.9 Å². The number of rotatable bonds is 7. The van der Waals surface area contributed by atoms with Crippen LogP contribution in [0.2, 0.25) is 5.02 Å². The van der Waals surface area contributed by atoms with Crippen LogP contribution < -0.4 is 14.2 Å². The van der Waals surface area contributed by atoms with Gasteiger partial charge in [0, 0.05) is 10.7 Å². The Morgan fingerprint density at radius 3 is 2.18 bits per heavy atom. The average Bonchev–Trinajstić information content (AvgIpc) is 2.80. The van der Waals surface area contributed by atoms with Crippen LogP contribution in [0.25, 0.3) is 6.08 Å². The first-order valence-electron chi connectivity index (χ1n) is 9.39. The van der Waals surface area contributed by atoms with Gasteiger partial charge in [0.25, 0.3) is 5.91 Å². The molecular weight excluding hydrogens is 612 g/mol. The Kier molecular flexibility index (Phi) is 8.38. The van der Waals surface area contributed by atoms with Gasteiger partial charge in [-0.05, 0) is 104 Å². The third kappa shape index (κ3) is 6.39. The van der Waals surface area contributed by atoms with Crippen molar-refractivity contribution in [1.29, 1.82) is 5.26 Å². The molecule has 0 spiro atoms. The van der Waals surface area contributed by atoms with E-state index in [4.69, 9.17) is 20.5 Å². The Balaban J connectivity index is 1.83. The zero-order chi connectivity index (χ0) is 24.9. The highest BCUT2D eigenvalue weighted by Gasteiger charge is 2.21. The topological polar surface area (TPSA) is 105 Å². The maximum Gasteiger partial charge on any atom is 0.339 e. The van der Waals surface area contributed by atoms with Gasteiger partial charge >= 0.3 is 10.1 Å². The number of hydrogen-bond donors (Lipinski definition) is 1. The lowest BCUT2D eigenvalue weighted by molar-refractivity contribution is -0.112. The molecule has 0 heterocycles. The largest absolute Gasteiger partial charge is 0.497 e. The number of nitrogens with one attached hydrogen (secondary N) is 1. The first-order valence-corrected chi connectivity index (χ1v) is 12.8. The number of nitriles is 1. The second-order valence-corrected chi connectivity index (χ2v) is 10.3. The third-order valence-electron chi connectivity index (χ3n) is 4.34. The van der Waals surface area contributed by atoms with Crippen LogP contribution in [0.3, 0.4) is 0 Å². The number of carbonyl (C=O) groups is 1. The van der Waals surface area contributed by atoms with Gasteiger partial charge in [0.1, 0.15) is 22.3 Å². The van der Waals surface area contributed by atoms with Crippen LogP contribution >= 0.6 is 43.5 Å². The molecule has 3 aromatic carbocycles. The average molecular weight is 627 g/mol. The van der Waals surface area contributed by atoms with E-state index in [2.05, 4.69) is 37.2 Å². The van der Waals surface area contributed by atoms with Gasteiger partial charge in [0.2, 0.25) is 0 Å². The molecule has 0 radical (unpaired) electrons. The summed E-state index contributed by atoms with van der Waals surface area (Å²) in [5.41, 5.74) is 0.791. The van der Waals surface area contributed by atoms with Gasteiger partial charge in [-0.15, -0.1) is 0 Å². The molecule has 0 fully saturated rings. The molecule has 0 aliphatic heterocycles. The number of carbonyl (C=O) groups excluding carboxylic acids is 1. The Morgan fingerprint density at radius 2 is 1.65 bits per heavy atom. The molecule has 0 saturated heterocycles. The lowest BCUT2D eigenvalue weighted by Crippen LogP contribution is -2.13. The minimum Gasteiger partial charge on any atom is -0.497 e. The number of methoxy groups -OCH3 is 1. The Morgan fingerprint density at radius 1 is 1.06 bits per heavy atom. The SMILES string of the molecule is COc1ccc(NC(=O)/C(C#N)=C/c2cc(Br)c(OS(=O)(=O)c3ccc(Cl)cc3)c(Br)c2)cc1.